The third kappa shape index (κ3) is 5.26. The fraction of sp³-hybridized carbons (Fsp3) is 0.273. The Hall–Kier alpha value is -2.84. The van der Waals surface area contributed by atoms with Crippen molar-refractivity contribution < 1.29 is 13.2 Å². The number of anilines is 1. The van der Waals surface area contributed by atoms with Gasteiger partial charge in [-0.1, -0.05) is 42.8 Å². The van der Waals surface area contributed by atoms with Crippen molar-refractivity contribution in [1.29, 1.82) is 0 Å². The Bertz CT molecular complexity index is 1180. The first-order valence-corrected chi connectivity index (χ1v) is 12.1. The van der Waals surface area contributed by atoms with E-state index in [0.29, 0.717) is 17.1 Å². The van der Waals surface area contributed by atoms with E-state index in [4.69, 9.17) is 11.6 Å². The standard InChI is InChI=1S/C22H25ClN4O3S/c1-4-20(27(31(3,29)30)19-10-7-9-18(23)14-19)22(28)25-15-17-8-5-6-11-21(17)26-13-12-24-16(26)2/h5-14,20H,4,15H2,1-3H3,(H,25,28)/t20-/m0/s1. The molecule has 0 aliphatic heterocycles. The zero-order valence-corrected chi connectivity index (χ0v) is 19.2. The topological polar surface area (TPSA) is 84.3 Å². The van der Waals surface area contributed by atoms with E-state index in [1.54, 1.807) is 31.3 Å². The van der Waals surface area contributed by atoms with Crippen molar-refractivity contribution in [2.24, 2.45) is 0 Å². The van der Waals surface area contributed by atoms with Crippen molar-refractivity contribution >= 4 is 33.2 Å². The van der Waals surface area contributed by atoms with Crippen LogP contribution >= 0.6 is 11.6 Å². The van der Waals surface area contributed by atoms with Crippen LogP contribution in [0.3, 0.4) is 0 Å². The molecule has 0 bridgehead atoms. The third-order valence-electron chi connectivity index (χ3n) is 4.92. The molecule has 1 atom stereocenters. The lowest BCUT2D eigenvalue weighted by atomic mass is 10.1. The predicted molar refractivity (Wildman–Crippen MR) is 123 cm³/mol. The van der Waals surface area contributed by atoms with Crippen LogP contribution in [-0.2, 0) is 21.4 Å². The number of benzene rings is 2. The van der Waals surface area contributed by atoms with Crippen molar-refractivity contribution in [2.75, 3.05) is 10.6 Å². The first-order valence-electron chi connectivity index (χ1n) is 9.83. The maximum atomic E-state index is 13.1. The van der Waals surface area contributed by atoms with Crippen LogP contribution in [0.4, 0.5) is 5.69 Å². The van der Waals surface area contributed by atoms with Gasteiger partial charge in [-0.15, -0.1) is 0 Å². The first kappa shape index (κ1) is 22.8. The summed E-state index contributed by atoms with van der Waals surface area (Å²) in [7, 11) is -3.72. The molecule has 2 aromatic carbocycles. The van der Waals surface area contributed by atoms with Crippen LogP contribution in [0.25, 0.3) is 5.69 Å². The molecule has 0 unspecified atom stereocenters. The normalized spacial score (nSPS) is 12.4. The second-order valence-corrected chi connectivity index (χ2v) is 9.45. The molecule has 1 N–H and O–H groups in total. The Morgan fingerprint density at radius 1 is 1.23 bits per heavy atom. The highest BCUT2D eigenvalue weighted by Gasteiger charge is 2.31. The van der Waals surface area contributed by atoms with Crippen LogP contribution in [0, 0.1) is 6.92 Å². The number of carbonyl (C=O) groups excluding carboxylic acids is 1. The Morgan fingerprint density at radius 3 is 2.58 bits per heavy atom. The van der Waals surface area contributed by atoms with Gasteiger partial charge in [-0.25, -0.2) is 13.4 Å². The van der Waals surface area contributed by atoms with Crippen LogP contribution in [0.15, 0.2) is 60.9 Å². The SMILES string of the molecule is CC[C@@H](C(=O)NCc1ccccc1-n1ccnc1C)N(c1cccc(Cl)c1)S(C)(=O)=O. The molecule has 0 fully saturated rings. The number of para-hydroxylation sites is 1. The minimum atomic E-state index is -3.72. The van der Waals surface area contributed by atoms with E-state index in [-0.39, 0.29) is 12.5 Å². The molecule has 1 heterocycles. The van der Waals surface area contributed by atoms with Gasteiger partial charge in [0.15, 0.2) is 0 Å². The summed E-state index contributed by atoms with van der Waals surface area (Å²) in [6, 6.07) is 13.2. The van der Waals surface area contributed by atoms with Crippen LogP contribution < -0.4 is 9.62 Å². The van der Waals surface area contributed by atoms with Crippen molar-refractivity contribution in [3.05, 3.63) is 77.3 Å². The minimum Gasteiger partial charge on any atom is -0.350 e. The van der Waals surface area contributed by atoms with Crippen molar-refractivity contribution in [3.63, 3.8) is 0 Å². The number of hydrogen-bond acceptors (Lipinski definition) is 4. The van der Waals surface area contributed by atoms with E-state index < -0.39 is 16.1 Å². The summed E-state index contributed by atoms with van der Waals surface area (Å²) in [6.45, 7) is 3.92. The summed E-state index contributed by atoms with van der Waals surface area (Å²) in [4.78, 5) is 17.3. The molecule has 7 nitrogen and oxygen atoms in total. The highest BCUT2D eigenvalue weighted by Crippen LogP contribution is 2.25. The number of halogens is 1. The molecule has 1 aromatic heterocycles. The molecule has 0 saturated carbocycles. The van der Waals surface area contributed by atoms with Crippen LogP contribution in [0.1, 0.15) is 24.7 Å². The lowest BCUT2D eigenvalue weighted by Gasteiger charge is -2.30. The molecule has 0 aliphatic carbocycles. The van der Waals surface area contributed by atoms with Gasteiger partial charge in [0.1, 0.15) is 11.9 Å². The van der Waals surface area contributed by atoms with Gasteiger partial charge in [-0.05, 0) is 43.2 Å². The van der Waals surface area contributed by atoms with Gasteiger partial charge in [0.05, 0.1) is 17.6 Å². The van der Waals surface area contributed by atoms with Crippen molar-refractivity contribution in [3.8, 4) is 5.69 Å². The van der Waals surface area contributed by atoms with E-state index >= 15 is 0 Å². The number of aromatic nitrogens is 2. The number of carbonyl (C=O) groups is 1. The summed E-state index contributed by atoms with van der Waals surface area (Å²) in [6.07, 6.45) is 4.96. The number of nitrogens with one attached hydrogen (secondary N) is 1. The van der Waals surface area contributed by atoms with E-state index in [9.17, 15) is 13.2 Å². The molecule has 1 amide bonds. The van der Waals surface area contributed by atoms with Crippen LogP contribution in [0.5, 0.6) is 0 Å². The first-order chi connectivity index (χ1) is 14.7. The number of sulfonamides is 1. The summed E-state index contributed by atoms with van der Waals surface area (Å²) in [5.74, 6) is 0.444. The van der Waals surface area contributed by atoms with E-state index in [1.807, 2.05) is 42.0 Å². The summed E-state index contributed by atoms with van der Waals surface area (Å²) in [5.41, 5.74) is 2.15. The molecule has 0 spiro atoms. The van der Waals surface area contributed by atoms with Gasteiger partial charge in [0, 0.05) is 24.0 Å². The molecule has 0 aliphatic rings. The second-order valence-electron chi connectivity index (χ2n) is 7.15. The molecular formula is C22H25ClN4O3S. The number of amides is 1. The number of nitrogens with zero attached hydrogens (tertiary/aromatic N) is 3. The summed E-state index contributed by atoms with van der Waals surface area (Å²) < 4.78 is 28.2. The second kappa shape index (κ2) is 9.53. The zero-order valence-electron chi connectivity index (χ0n) is 17.6. The van der Waals surface area contributed by atoms with Gasteiger partial charge in [0.2, 0.25) is 15.9 Å². The van der Waals surface area contributed by atoms with Gasteiger partial charge >= 0.3 is 0 Å². The number of aryl methyl sites for hydroxylation is 1. The average molecular weight is 461 g/mol. The van der Waals surface area contributed by atoms with Gasteiger partial charge in [-0.3, -0.25) is 9.10 Å². The molecular weight excluding hydrogens is 436 g/mol. The van der Waals surface area contributed by atoms with Crippen LogP contribution in [0.2, 0.25) is 5.02 Å². The number of imidazole rings is 1. The third-order valence-corrected chi connectivity index (χ3v) is 6.34. The summed E-state index contributed by atoms with van der Waals surface area (Å²) in [5, 5.41) is 3.29. The van der Waals surface area contributed by atoms with E-state index in [2.05, 4.69) is 10.3 Å². The van der Waals surface area contributed by atoms with Gasteiger partial charge in [0.25, 0.3) is 0 Å². The monoisotopic (exact) mass is 460 g/mol. The number of hydrogen-bond donors (Lipinski definition) is 1. The molecule has 9 heteroatoms. The highest BCUT2D eigenvalue weighted by atomic mass is 35.5. The lowest BCUT2D eigenvalue weighted by Crippen LogP contribution is -2.49. The quantitative estimate of drug-likeness (QED) is 0.555. The fourth-order valence-electron chi connectivity index (χ4n) is 3.50. The lowest BCUT2D eigenvalue weighted by molar-refractivity contribution is -0.122. The maximum Gasteiger partial charge on any atom is 0.244 e. The Kier molecular flexibility index (Phi) is 7.02. The van der Waals surface area contributed by atoms with Crippen LogP contribution in [-0.4, -0.2) is 36.2 Å². The number of rotatable bonds is 8. The molecule has 3 aromatic rings. The molecule has 3 rings (SSSR count). The fourth-order valence-corrected chi connectivity index (χ4v) is 4.89. The van der Waals surface area contributed by atoms with Gasteiger partial charge in [-0.2, -0.15) is 0 Å². The Balaban J connectivity index is 1.86. The predicted octanol–water partition coefficient (Wildman–Crippen LogP) is 3.70. The minimum absolute atomic E-state index is 0.246. The smallest absolute Gasteiger partial charge is 0.244 e. The largest absolute Gasteiger partial charge is 0.350 e. The average Bonchev–Trinajstić information content (AvgIpc) is 3.15. The molecule has 31 heavy (non-hydrogen) atoms. The van der Waals surface area contributed by atoms with Crippen molar-refractivity contribution in [1.82, 2.24) is 14.9 Å². The van der Waals surface area contributed by atoms with E-state index in [1.165, 1.54) is 6.07 Å². The zero-order chi connectivity index (χ0) is 22.6. The summed E-state index contributed by atoms with van der Waals surface area (Å²) >= 11 is 6.06. The molecule has 164 valence electrons. The molecule has 0 radical (unpaired) electrons. The van der Waals surface area contributed by atoms with E-state index in [0.717, 1.165) is 27.6 Å². The maximum absolute atomic E-state index is 13.1. The van der Waals surface area contributed by atoms with Gasteiger partial charge < -0.3 is 9.88 Å². The molecule has 0 saturated heterocycles. The highest BCUT2D eigenvalue weighted by molar-refractivity contribution is 7.92. The van der Waals surface area contributed by atoms with Crippen molar-refractivity contribution in [2.45, 2.75) is 32.9 Å². The Labute approximate surface area is 187 Å². The Morgan fingerprint density at radius 2 is 1.97 bits per heavy atom.